The van der Waals surface area contributed by atoms with Crippen molar-refractivity contribution in [3.8, 4) is 0 Å². The van der Waals surface area contributed by atoms with Crippen LogP contribution < -0.4 is 5.32 Å². The van der Waals surface area contributed by atoms with Crippen molar-refractivity contribution in [2.75, 3.05) is 25.5 Å². The first-order valence-electron chi connectivity index (χ1n) is 9.19. The van der Waals surface area contributed by atoms with Crippen molar-refractivity contribution in [2.24, 2.45) is 5.92 Å². The molecule has 0 atom stereocenters. The summed E-state index contributed by atoms with van der Waals surface area (Å²) in [5.41, 5.74) is 0.269. The molecule has 0 saturated carbocycles. The van der Waals surface area contributed by atoms with Gasteiger partial charge in [0.1, 0.15) is 5.69 Å². The van der Waals surface area contributed by atoms with Crippen molar-refractivity contribution in [3.05, 3.63) is 40.9 Å². The number of Topliss-reactive ketones (excluding diaryl/α,β-unsaturated/α-hetero) is 1. The van der Waals surface area contributed by atoms with Crippen LogP contribution in [-0.2, 0) is 19.6 Å². The summed E-state index contributed by atoms with van der Waals surface area (Å²) < 4.78 is 32.0. The Bertz CT molecular complexity index is 1070. The maximum atomic E-state index is 13.0. The molecule has 1 amide bonds. The van der Waals surface area contributed by atoms with E-state index in [1.165, 1.54) is 30.5 Å². The molecule has 3 rings (SSSR count). The molecule has 1 N–H and O–H groups in total. The van der Waals surface area contributed by atoms with E-state index in [2.05, 4.69) is 15.0 Å². The van der Waals surface area contributed by atoms with E-state index in [0.29, 0.717) is 23.7 Å². The number of hydrogen-bond acceptors (Lipinski definition) is 8. The van der Waals surface area contributed by atoms with Gasteiger partial charge in [-0.2, -0.15) is 4.31 Å². The second-order valence-electron chi connectivity index (χ2n) is 6.75. The lowest BCUT2D eigenvalue weighted by Crippen LogP contribution is -2.41. The highest BCUT2D eigenvalue weighted by Gasteiger charge is 2.34. The number of hydrogen-bond donors (Lipinski definition) is 1. The van der Waals surface area contributed by atoms with Crippen molar-refractivity contribution in [1.29, 1.82) is 0 Å². The maximum absolute atomic E-state index is 13.0. The Morgan fingerprint density at radius 2 is 1.87 bits per heavy atom. The van der Waals surface area contributed by atoms with Gasteiger partial charge in [-0.3, -0.25) is 9.59 Å². The largest absolute Gasteiger partial charge is 0.465 e. The molecule has 1 fully saturated rings. The Balaban J connectivity index is 1.67. The maximum Gasteiger partial charge on any atom is 0.339 e. The van der Waals surface area contributed by atoms with Gasteiger partial charge in [-0.05, 0) is 25.0 Å². The first-order chi connectivity index (χ1) is 14.2. The van der Waals surface area contributed by atoms with Gasteiger partial charge in [0.15, 0.2) is 10.9 Å². The molecule has 2 aromatic rings. The predicted octanol–water partition coefficient (Wildman–Crippen LogP) is 2.17. The van der Waals surface area contributed by atoms with E-state index < -0.39 is 16.0 Å². The predicted molar refractivity (Wildman–Crippen MR) is 110 cm³/mol. The second kappa shape index (κ2) is 9.02. The molecule has 30 heavy (non-hydrogen) atoms. The average Bonchev–Trinajstić information content (AvgIpc) is 3.22. The van der Waals surface area contributed by atoms with Gasteiger partial charge < -0.3 is 10.1 Å². The molecule has 1 aromatic carbocycles. The van der Waals surface area contributed by atoms with Crippen molar-refractivity contribution in [2.45, 2.75) is 24.7 Å². The van der Waals surface area contributed by atoms with Crippen LogP contribution in [0, 0.1) is 5.92 Å². The van der Waals surface area contributed by atoms with E-state index in [-0.39, 0.29) is 41.2 Å². The molecule has 160 valence electrons. The zero-order chi connectivity index (χ0) is 21.9. The van der Waals surface area contributed by atoms with Gasteiger partial charge in [0.05, 0.1) is 17.6 Å². The number of aromatic nitrogens is 1. The number of benzene rings is 1. The fourth-order valence-corrected chi connectivity index (χ4v) is 5.57. The van der Waals surface area contributed by atoms with Crippen LogP contribution in [0.2, 0.25) is 0 Å². The van der Waals surface area contributed by atoms with E-state index in [1.807, 2.05) is 0 Å². The minimum absolute atomic E-state index is 0.0232. The SMILES string of the molecule is COC(=O)c1ccccc1S(=O)(=O)N1CCC(C(=O)Nc2nc(C(C)=O)cs2)CC1. The monoisotopic (exact) mass is 451 g/mol. The lowest BCUT2D eigenvalue weighted by Gasteiger charge is -2.30. The molecule has 0 bridgehead atoms. The number of carbonyl (C=O) groups is 3. The third-order valence-corrected chi connectivity index (χ3v) is 7.54. The Morgan fingerprint density at radius 3 is 2.47 bits per heavy atom. The number of methoxy groups -OCH3 is 1. The van der Waals surface area contributed by atoms with Gasteiger partial charge in [0.25, 0.3) is 0 Å². The number of esters is 1. The zero-order valence-electron chi connectivity index (χ0n) is 16.5. The van der Waals surface area contributed by atoms with Crippen LogP contribution in [0.25, 0.3) is 0 Å². The van der Waals surface area contributed by atoms with Crippen LogP contribution in [0.5, 0.6) is 0 Å². The highest BCUT2D eigenvalue weighted by Crippen LogP contribution is 2.27. The molecular weight excluding hydrogens is 430 g/mol. The van der Waals surface area contributed by atoms with Gasteiger partial charge >= 0.3 is 5.97 Å². The molecule has 1 saturated heterocycles. The molecule has 0 spiro atoms. The minimum atomic E-state index is -3.91. The van der Waals surface area contributed by atoms with Gasteiger partial charge in [0, 0.05) is 31.3 Å². The van der Waals surface area contributed by atoms with Crippen LogP contribution in [0.15, 0.2) is 34.5 Å². The van der Waals surface area contributed by atoms with Crippen LogP contribution in [0.3, 0.4) is 0 Å². The molecule has 1 aromatic heterocycles. The zero-order valence-corrected chi connectivity index (χ0v) is 18.1. The summed E-state index contributed by atoms with van der Waals surface area (Å²) in [6.07, 6.45) is 0.660. The van der Waals surface area contributed by atoms with E-state index in [4.69, 9.17) is 0 Å². The van der Waals surface area contributed by atoms with Gasteiger partial charge in [-0.15, -0.1) is 11.3 Å². The van der Waals surface area contributed by atoms with Crippen molar-refractivity contribution in [3.63, 3.8) is 0 Å². The summed E-state index contributed by atoms with van der Waals surface area (Å²) in [5, 5.41) is 4.61. The number of nitrogens with one attached hydrogen (secondary N) is 1. The quantitative estimate of drug-likeness (QED) is 0.527. The van der Waals surface area contributed by atoms with E-state index in [9.17, 15) is 22.8 Å². The molecule has 0 unspecified atom stereocenters. The Kier molecular flexibility index (Phi) is 6.64. The number of ether oxygens (including phenoxy) is 1. The van der Waals surface area contributed by atoms with Crippen molar-refractivity contribution >= 4 is 44.2 Å². The summed E-state index contributed by atoms with van der Waals surface area (Å²) in [5.74, 6) is -1.54. The molecule has 11 heteroatoms. The number of rotatable bonds is 6. The molecular formula is C19H21N3O6S2. The molecule has 0 radical (unpaired) electrons. The number of anilines is 1. The number of sulfonamides is 1. The van der Waals surface area contributed by atoms with Crippen LogP contribution in [-0.4, -0.2) is 55.6 Å². The summed E-state index contributed by atoms with van der Waals surface area (Å²) in [6, 6.07) is 5.89. The topological polar surface area (TPSA) is 123 Å². The highest BCUT2D eigenvalue weighted by molar-refractivity contribution is 7.89. The molecule has 9 nitrogen and oxygen atoms in total. The van der Waals surface area contributed by atoms with E-state index >= 15 is 0 Å². The van der Waals surface area contributed by atoms with E-state index in [0.717, 1.165) is 11.3 Å². The van der Waals surface area contributed by atoms with Crippen LogP contribution >= 0.6 is 11.3 Å². The Hall–Kier alpha value is -2.63. The number of piperidine rings is 1. The van der Waals surface area contributed by atoms with Gasteiger partial charge in [-0.25, -0.2) is 18.2 Å². The van der Waals surface area contributed by atoms with Crippen LogP contribution in [0.4, 0.5) is 5.13 Å². The van der Waals surface area contributed by atoms with E-state index in [1.54, 1.807) is 17.5 Å². The number of thiazole rings is 1. The van der Waals surface area contributed by atoms with Gasteiger partial charge in [0.2, 0.25) is 15.9 Å². The fraction of sp³-hybridized carbons (Fsp3) is 0.368. The fourth-order valence-electron chi connectivity index (χ4n) is 3.17. The summed E-state index contributed by atoms with van der Waals surface area (Å²) in [4.78, 5) is 39.7. The van der Waals surface area contributed by atoms with Crippen molar-refractivity contribution in [1.82, 2.24) is 9.29 Å². The summed E-state index contributed by atoms with van der Waals surface area (Å²) in [7, 11) is -2.72. The minimum Gasteiger partial charge on any atom is -0.465 e. The first-order valence-corrected chi connectivity index (χ1v) is 11.5. The van der Waals surface area contributed by atoms with Crippen LogP contribution in [0.1, 0.15) is 40.6 Å². The molecule has 0 aliphatic carbocycles. The number of nitrogens with zero attached hydrogens (tertiary/aromatic N) is 2. The average molecular weight is 452 g/mol. The Morgan fingerprint density at radius 1 is 1.20 bits per heavy atom. The first kappa shape index (κ1) is 22.1. The number of amides is 1. The summed E-state index contributed by atoms with van der Waals surface area (Å²) >= 11 is 1.16. The number of ketones is 1. The second-order valence-corrected chi connectivity index (χ2v) is 9.51. The third kappa shape index (κ3) is 4.58. The van der Waals surface area contributed by atoms with Gasteiger partial charge in [-0.1, -0.05) is 12.1 Å². The molecule has 1 aliphatic rings. The molecule has 1 aliphatic heterocycles. The lowest BCUT2D eigenvalue weighted by molar-refractivity contribution is -0.120. The highest BCUT2D eigenvalue weighted by atomic mass is 32.2. The normalized spacial score (nSPS) is 15.5. The molecule has 2 heterocycles. The standard InChI is InChI=1S/C19H21N3O6S2/c1-12(23)15-11-29-19(20-15)21-17(24)13-7-9-22(10-8-13)30(26,27)16-6-4-3-5-14(16)18(25)28-2/h3-6,11,13H,7-10H2,1-2H3,(H,20,21,24). The number of carbonyl (C=O) groups excluding carboxylic acids is 3. The van der Waals surface area contributed by atoms with Crippen molar-refractivity contribution < 1.29 is 27.5 Å². The Labute approximate surface area is 178 Å². The third-order valence-electron chi connectivity index (χ3n) is 4.83. The smallest absolute Gasteiger partial charge is 0.339 e. The summed E-state index contributed by atoms with van der Waals surface area (Å²) in [6.45, 7) is 1.69. The lowest BCUT2D eigenvalue weighted by atomic mass is 9.97.